The Morgan fingerprint density at radius 1 is 1.18 bits per heavy atom. The van der Waals surface area contributed by atoms with Crippen molar-refractivity contribution in [3.8, 4) is 0 Å². The molecule has 0 heterocycles. The van der Waals surface area contributed by atoms with Gasteiger partial charge in [0.2, 0.25) is 0 Å². The molecule has 0 fully saturated rings. The highest BCUT2D eigenvalue weighted by Crippen LogP contribution is 2.13. The normalized spacial score (nSPS) is 9.73. The Hall–Kier alpha value is -0.690. The number of hydrogen-bond donors (Lipinski definition) is 1. The standard InChI is InChI=1S/C9H12ClN/c1-7-3-8(2)5-9(4-7)11-6-10/h3-5,11H,6H2,1-2H3. The molecule has 0 aliphatic heterocycles. The SMILES string of the molecule is Cc1cc(C)cc(NCCl)c1. The molecule has 0 bridgehead atoms. The van der Waals surface area contributed by atoms with Crippen LogP contribution in [0.2, 0.25) is 0 Å². The van der Waals surface area contributed by atoms with Gasteiger partial charge in [0.25, 0.3) is 0 Å². The van der Waals surface area contributed by atoms with Crippen molar-refractivity contribution in [1.29, 1.82) is 0 Å². The molecule has 1 aromatic carbocycles. The topological polar surface area (TPSA) is 12.0 Å². The predicted molar refractivity (Wildman–Crippen MR) is 50.3 cm³/mol. The summed E-state index contributed by atoms with van der Waals surface area (Å²) >= 11 is 5.53. The van der Waals surface area contributed by atoms with Crippen molar-refractivity contribution < 1.29 is 0 Å². The van der Waals surface area contributed by atoms with Crippen LogP contribution in [0.1, 0.15) is 11.1 Å². The molecule has 11 heavy (non-hydrogen) atoms. The molecule has 0 spiro atoms. The van der Waals surface area contributed by atoms with Crippen molar-refractivity contribution in [3.63, 3.8) is 0 Å². The summed E-state index contributed by atoms with van der Waals surface area (Å²) in [5.41, 5.74) is 3.62. The second-order valence-corrected chi connectivity index (χ2v) is 2.95. The Labute approximate surface area is 72.4 Å². The Kier molecular flexibility index (Phi) is 2.77. The van der Waals surface area contributed by atoms with Crippen molar-refractivity contribution in [3.05, 3.63) is 29.3 Å². The molecule has 0 atom stereocenters. The minimum absolute atomic E-state index is 0.461. The quantitative estimate of drug-likeness (QED) is 0.530. The van der Waals surface area contributed by atoms with E-state index >= 15 is 0 Å². The Bertz CT molecular complexity index is 225. The molecule has 2 heteroatoms. The fourth-order valence-corrected chi connectivity index (χ4v) is 1.31. The minimum Gasteiger partial charge on any atom is -0.372 e. The zero-order valence-electron chi connectivity index (χ0n) is 6.82. The van der Waals surface area contributed by atoms with Gasteiger partial charge in [0.15, 0.2) is 0 Å². The van der Waals surface area contributed by atoms with Crippen molar-refractivity contribution >= 4 is 17.3 Å². The van der Waals surface area contributed by atoms with Crippen LogP contribution in [-0.4, -0.2) is 6.00 Å². The van der Waals surface area contributed by atoms with E-state index in [1.54, 1.807) is 0 Å². The number of rotatable bonds is 2. The van der Waals surface area contributed by atoms with Crippen LogP contribution in [0.5, 0.6) is 0 Å². The van der Waals surface area contributed by atoms with Gasteiger partial charge < -0.3 is 5.32 Å². The second-order valence-electron chi connectivity index (χ2n) is 2.69. The summed E-state index contributed by atoms with van der Waals surface area (Å²) in [6.45, 7) is 4.15. The number of aryl methyl sites for hydroxylation is 2. The summed E-state index contributed by atoms with van der Waals surface area (Å²) in [7, 11) is 0. The first-order valence-electron chi connectivity index (χ1n) is 3.60. The Morgan fingerprint density at radius 3 is 2.18 bits per heavy atom. The first-order chi connectivity index (χ1) is 5.22. The highest BCUT2D eigenvalue weighted by Gasteiger charge is 1.92. The van der Waals surface area contributed by atoms with E-state index in [1.165, 1.54) is 11.1 Å². The number of anilines is 1. The highest BCUT2D eigenvalue weighted by atomic mass is 35.5. The fourth-order valence-electron chi connectivity index (χ4n) is 1.15. The molecule has 1 rings (SSSR count). The van der Waals surface area contributed by atoms with Gasteiger partial charge in [0.1, 0.15) is 0 Å². The summed E-state index contributed by atoms with van der Waals surface area (Å²) in [6.07, 6.45) is 0. The number of benzene rings is 1. The van der Waals surface area contributed by atoms with Crippen molar-refractivity contribution in [2.75, 3.05) is 11.3 Å². The summed E-state index contributed by atoms with van der Waals surface area (Å²) in [6, 6.07) is 6.76. The summed E-state index contributed by atoms with van der Waals surface area (Å²) in [4.78, 5) is 0. The van der Waals surface area contributed by atoms with Crippen LogP contribution in [0.25, 0.3) is 0 Å². The number of alkyl halides is 1. The molecule has 0 saturated carbocycles. The van der Waals surface area contributed by atoms with Crippen LogP contribution < -0.4 is 5.32 Å². The lowest BCUT2D eigenvalue weighted by Crippen LogP contribution is -1.94. The van der Waals surface area contributed by atoms with Gasteiger partial charge in [-0.25, -0.2) is 0 Å². The van der Waals surface area contributed by atoms with Crippen LogP contribution in [0, 0.1) is 13.8 Å². The molecular weight excluding hydrogens is 158 g/mol. The van der Waals surface area contributed by atoms with Gasteiger partial charge in [-0.1, -0.05) is 6.07 Å². The number of hydrogen-bond acceptors (Lipinski definition) is 1. The van der Waals surface area contributed by atoms with Crippen LogP contribution >= 0.6 is 11.6 Å². The molecule has 0 saturated heterocycles. The summed E-state index contributed by atoms with van der Waals surface area (Å²) in [5.74, 6) is 0. The second kappa shape index (κ2) is 3.63. The van der Waals surface area contributed by atoms with E-state index in [0.717, 1.165) is 5.69 Å². The number of halogens is 1. The molecule has 0 unspecified atom stereocenters. The summed E-state index contributed by atoms with van der Waals surface area (Å²) in [5, 5.41) is 3.05. The molecular formula is C9H12ClN. The summed E-state index contributed by atoms with van der Waals surface area (Å²) < 4.78 is 0. The number of nitrogens with one attached hydrogen (secondary N) is 1. The maximum atomic E-state index is 5.53. The third-order valence-electron chi connectivity index (χ3n) is 1.49. The first-order valence-corrected chi connectivity index (χ1v) is 4.14. The van der Waals surface area contributed by atoms with Gasteiger partial charge in [0.05, 0.1) is 6.00 Å². The zero-order valence-corrected chi connectivity index (χ0v) is 7.57. The first kappa shape index (κ1) is 8.41. The Morgan fingerprint density at radius 2 is 1.73 bits per heavy atom. The van der Waals surface area contributed by atoms with E-state index in [2.05, 4.69) is 37.4 Å². The lowest BCUT2D eigenvalue weighted by molar-refractivity contribution is 1.35. The van der Waals surface area contributed by atoms with Crippen LogP contribution in [0.15, 0.2) is 18.2 Å². The predicted octanol–water partition coefficient (Wildman–Crippen LogP) is 2.91. The van der Waals surface area contributed by atoms with Gasteiger partial charge in [-0.15, -0.1) is 11.6 Å². The molecule has 1 aromatic rings. The lowest BCUT2D eigenvalue weighted by Gasteiger charge is -2.04. The van der Waals surface area contributed by atoms with Gasteiger partial charge in [0, 0.05) is 5.69 Å². The fraction of sp³-hybridized carbons (Fsp3) is 0.333. The largest absolute Gasteiger partial charge is 0.372 e. The third kappa shape index (κ3) is 2.43. The van der Waals surface area contributed by atoms with Crippen molar-refractivity contribution in [2.45, 2.75) is 13.8 Å². The smallest absolute Gasteiger partial charge is 0.0901 e. The van der Waals surface area contributed by atoms with E-state index in [9.17, 15) is 0 Å². The molecule has 1 N–H and O–H groups in total. The molecule has 0 aromatic heterocycles. The molecule has 1 nitrogen and oxygen atoms in total. The maximum absolute atomic E-state index is 5.53. The van der Waals surface area contributed by atoms with Gasteiger partial charge in [-0.2, -0.15) is 0 Å². The monoisotopic (exact) mass is 169 g/mol. The van der Waals surface area contributed by atoms with Crippen LogP contribution in [0.4, 0.5) is 5.69 Å². The lowest BCUT2D eigenvalue weighted by atomic mass is 10.1. The average molecular weight is 170 g/mol. The van der Waals surface area contributed by atoms with E-state index in [-0.39, 0.29) is 0 Å². The molecule has 60 valence electrons. The highest BCUT2D eigenvalue weighted by molar-refractivity contribution is 6.18. The van der Waals surface area contributed by atoms with E-state index in [1.807, 2.05) is 0 Å². The van der Waals surface area contributed by atoms with Crippen molar-refractivity contribution in [1.82, 2.24) is 0 Å². The van der Waals surface area contributed by atoms with E-state index in [4.69, 9.17) is 11.6 Å². The third-order valence-corrected chi connectivity index (χ3v) is 1.63. The van der Waals surface area contributed by atoms with Crippen LogP contribution in [0.3, 0.4) is 0 Å². The molecule has 0 radical (unpaired) electrons. The van der Waals surface area contributed by atoms with Gasteiger partial charge in [-0.3, -0.25) is 0 Å². The zero-order chi connectivity index (χ0) is 8.27. The van der Waals surface area contributed by atoms with Gasteiger partial charge >= 0.3 is 0 Å². The molecule has 0 amide bonds. The van der Waals surface area contributed by atoms with E-state index < -0.39 is 0 Å². The van der Waals surface area contributed by atoms with Crippen molar-refractivity contribution in [2.24, 2.45) is 0 Å². The van der Waals surface area contributed by atoms with Gasteiger partial charge in [-0.05, 0) is 37.1 Å². The molecule has 0 aliphatic rings. The Balaban J connectivity index is 2.89. The van der Waals surface area contributed by atoms with E-state index in [0.29, 0.717) is 6.00 Å². The minimum atomic E-state index is 0.461. The maximum Gasteiger partial charge on any atom is 0.0901 e. The molecule has 0 aliphatic carbocycles. The average Bonchev–Trinajstić information content (AvgIpc) is 1.85. The van der Waals surface area contributed by atoms with Crippen LogP contribution in [-0.2, 0) is 0 Å².